The molecule has 0 bridgehead atoms. The molecule has 18 heavy (non-hydrogen) atoms. The van der Waals surface area contributed by atoms with Crippen LogP contribution in [0.2, 0.25) is 0 Å². The van der Waals surface area contributed by atoms with Crippen molar-refractivity contribution in [3.8, 4) is 0 Å². The SMILES string of the molecule is Cc1cnc(C)c(NC2CCCc3sccc32)n1. The van der Waals surface area contributed by atoms with Gasteiger partial charge in [0.1, 0.15) is 5.82 Å². The summed E-state index contributed by atoms with van der Waals surface area (Å²) in [6.07, 6.45) is 5.48. The zero-order valence-electron chi connectivity index (χ0n) is 10.7. The highest BCUT2D eigenvalue weighted by atomic mass is 32.1. The number of hydrogen-bond donors (Lipinski definition) is 1. The Hall–Kier alpha value is -1.42. The maximum atomic E-state index is 4.55. The molecule has 0 saturated carbocycles. The van der Waals surface area contributed by atoms with Gasteiger partial charge in [0.15, 0.2) is 0 Å². The van der Waals surface area contributed by atoms with Crippen molar-refractivity contribution < 1.29 is 0 Å². The highest BCUT2D eigenvalue weighted by Crippen LogP contribution is 2.35. The zero-order valence-corrected chi connectivity index (χ0v) is 11.5. The summed E-state index contributed by atoms with van der Waals surface area (Å²) in [6, 6.07) is 2.64. The summed E-state index contributed by atoms with van der Waals surface area (Å²) in [5.74, 6) is 0.930. The number of fused-ring (bicyclic) bond motifs is 1. The Balaban J connectivity index is 1.88. The second kappa shape index (κ2) is 4.69. The Labute approximate surface area is 111 Å². The van der Waals surface area contributed by atoms with E-state index in [4.69, 9.17) is 0 Å². The van der Waals surface area contributed by atoms with Gasteiger partial charge in [-0.1, -0.05) is 0 Å². The number of hydrogen-bond acceptors (Lipinski definition) is 4. The van der Waals surface area contributed by atoms with Crippen LogP contribution in [0.1, 0.15) is 40.7 Å². The molecule has 0 spiro atoms. The van der Waals surface area contributed by atoms with E-state index in [1.807, 2.05) is 31.4 Å². The monoisotopic (exact) mass is 259 g/mol. The van der Waals surface area contributed by atoms with Gasteiger partial charge in [0, 0.05) is 11.1 Å². The van der Waals surface area contributed by atoms with Crippen LogP contribution in [0.3, 0.4) is 0 Å². The molecule has 0 aliphatic heterocycles. The Morgan fingerprint density at radius 1 is 1.39 bits per heavy atom. The minimum absolute atomic E-state index is 0.398. The van der Waals surface area contributed by atoms with Gasteiger partial charge in [-0.25, -0.2) is 4.98 Å². The molecule has 2 aromatic rings. The first-order valence-corrected chi connectivity index (χ1v) is 7.25. The standard InChI is InChI=1S/C14H17N3S/c1-9-8-15-10(2)14(16-9)17-12-4-3-5-13-11(12)6-7-18-13/h6-8,12H,3-5H2,1-2H3,(H,16,17). The predicted octanol–water partition coefficient (Wildman–Crippen LogP) is 3.64. The van der Waals surface area contributed by atoms with Crippen molar-refractivity contribution in [2.24, 2.45) is 0 Å². The average Bonchev–Trinajstić information content (AvgIpc) is 2.83. The Morgan fingerprint density at radius 3 is 3.17 bits per heavy atom. The van der Waals surface area contributed by atoms with Crippen LogP contribution in [0.4, 0.5) is 5.82 Å². The molecule has 0 saturated heterocycles. The first-order chi connectivity index (χ1) is 8.74. The van der Waals surface area contributed by atoms with Crippen LogP contribution in [-0.4, -0.2) is 9.97 Å². The van der Waals surface area contributed by atoms with E-state index in [9.17, 15) is 0 Å². The quantitative estimate of drug-likeness (QED) is 0.894. The van der Waals surface area contributed by atoms with Gasteiger partial charge in [-0.15, -0.1) is 11.3 Å². The number of aromatic nitrogens is 2. The van der Waals surface area contributed by atoms with Crippen LogP contribution in [0.25, 0.3) is 0 Å². The van der Waals surface area contributed by atoms with Gasteiger partial charge in [-0.05, 0) is 50.1 Å². The zero-order chi connectivity index (χ0) is 12.5. The molecule has 2 heterocycles. The first-order valence-electron chi connectivity index (χ1n) is 6.37. The molecule has 1 aliphatic carbocycles. The van der Waals surface area contributed by atoms with Crippen LogP contribution in [0.5, 0.6) is 0 Å². The van der Waals surface area contributed by atoms with E-state index in [0.717, 1.165) is 17.2 Å². The van der Waals surface area contributed by atoms with Crippen LogP contribution in [-0.2, 0) is 6.42 Å². The molecule has 2 aromatic heterocycles. The van der Waals surface area contributed by atoms with E-state index in [0.29, 0.717) is 6.04 Å². The van der Waals surface area contributed by atoms with Crippen LogP contribution in [0.15, 0.2) is 17.6 Å². The van der Waals surface area contributed by atoms with E-state index in [2.05, 4.69) is 26.7 Å². The number of aryl methyl sites for hydroxylation is 3. The lowest BCUT2D eigenvalue weighted by Crippen LogP contribution is -2.17. The third-order valence-corrected chi connectivity index (χ3v) is 4.44. The molecular formula is C14H17N3S. The molecule has 0 aromatic carbocycles. The molecule has 1 atom stereocenters. The summed E-state index contributed by atoms with van der Waals surface area (Å²) in [5, 5.41) is 5.76. The van der Waals surface area contributed by atoms with Crippen molar-refractivity contribution in [3.63, 3.8) is 0 Å². The maximum Gasteiger partial charge on any atom is 0.148 e. The van der Waals surface area contributed by atoms with Gasteiger partial charge in [0.05, 0.1) is 17.4 Å². The summed E-state index contributed by atoms with van der Waals surface area (Å²) in [6.45, 7) is 3.99. The summed E-state index contributed by atoms with van der Waals surface area (Å²) >= 11 is 1.87. The lowest BCUT2D eigenvalue weighted by molar-refractivity contribution is 0.606. The molecule has 0 amide bonds. The smallest absolute Gasteiger partial charge is 0.148 e. The molecule has 0 fully saturated rings. The fraction of sp³-hybridized carbons (Fsp3) is 0.429. The molecule has 1 aliphatic rings. The number of anilines is 1. The van der Waals surface area contributed by atoms with Crippen LogP contribution >= 0.6 is 11.3 Å². The fourth-order valence-corrected chi connectivity index (χ4v) is 3.46. The fourth-order valence-electron chi connectivity index (χ4n) is 2.48. The Kier molecular flexibility index (Phi) is 3.04. The van der Waals surface area contributed by atoms with Gasteiger partial charge in [-0.2, -0.15) is 0 Å². The van der Waals surface area contributed by atoms with Crippen molar-refractivity contribution in [2.45, 2.75) is 39.2 Å². The number of nitrogens with zero attached hydrogens (tertiary/aromatic N) is 2. The highest BCUT2D eigenvalue weighted by molar-refractivity contribution is 7.10. The second-order valence-electron chi connectivity index (χ2n) is 4.83. The molecule has 94 valence electrons. The molecule has 3 rings (SSSR count). The highest BCUT2D eigenvalue weighted by Gasteiger charge is 2.21. The van der Waals surface area contributed by atoms with Crippen molar-refractivity contribution in [1.29, 1.82) is 0 Å². The van der Waals surface area contributed by atoms with E-state index in [1.54, 1.807) is 0 Å². The molecule has 0 radical (unpaired) electrons. The van der Waals surface area contributed by atoms with Crippen LogP contribution < -0.4 is 5.32 Å². The summed E-state index contributed by atoms with van der Waals surface area (Å²) in [5.41, 5.74) is 3.39. The van der Waals surface area contributed by atoms with Gasteiger partial charge < -0.3 is 5.32 Å². The first kappa shape index (κ1) is 11.7. The third-order valence-electron chi connectivity index (χ3n) is 3.44. The lowest BCUT2D eigenvalue weighted by atomic mass is 9.94. The average molecular weight is 259 g/mol. The van der Waals surface area contributed by atoms with Crippen molar-refractivity contribution in [1.82, 2.24) is 9.97 Å². The topological polar surface area (TPSA) is 37.8 Å². The maximum absolute atomic E-state index is 4.55. The molecule has 1 N–H and O–H groups in total. The van der Waals surface area contributed by atoms with Crippen molar-refractivity contribution in [2.75, 3.05) is 5.32 Å². The number of nitrogens with one attached hydrogen (secondary N) is 1. The van der Waals surface area contributed by atoms with E-state index < -0.39 is 0 Å². The van der Waals surface area contributed by atoms with E-state index in [1.165, 1.54) is 29.7 Å². The molecule has 3 nitrogen and oxygen atoms in total. The third kappa shape index (κ3) is 2.12. The molecule has 4 heteroatoms. The minimum atomic E-state index is 0.398. The lowest BCUT2D eigenvalue weighted by Gasteiger charge is -2.24. The summed E-state index contributed by atoms with van der Waals surface area (Å²) in [4.78, 5) is 10.4. The summed E-state index contributed by atoms with van der Waals surface area (Å²) < 4.78 is 0. The van der Waals surface area contributed by atoms with Gasteiger partial charge in [-0.3, -0.25) is 4.98 Å². The number of rotatable bonds is 2. The normalized spacial score (nSPS) is 18.4. The van der Waals surface area contributed by atoms with E-state index in [-0.39, 0.29) is 0 Å². The predicted molar refractivity (Wildman–Crippen MR) is 75.1 cm³/mol. The molecule has 1 unspecified atom stereocenters. The number of thiophene rings is 1. The van der Waals surface area contributed by atoms with Gasteiger partial charge >= 0.3 is 0 Å². The van der Waals surface area contributed by atoms with Gasteiger partial charge in [0.2, 0.25) is 0 Å². The minimum Gasteiger partial charge on any atom is -0.362 e. The second-order valence-corrected chi connectivity index (χ2v) is 5.83. The molecular weight excluding hydrogens is 242 g/mol. The van der Waals surface area contributed by atoms with Crippen LogP contribution in [0, 0.1) is 13.8 Å². The Bertz CT molecular complexity index is 562. The Morgan fingerprint density at radius 2 is 2.28 bits per heavy atom. The van der Waals surface area contributed by atoms with Gasteiger partial charge in [0.25, 0.3) is 0 Å². The summed E-state index contributed by atoms with van der Waals surface area (Å²) in [7, 11) is 0. The van der Waals surface area contributed by atoms with Crippen molar-refractivity contribution >= 4 is 17.2 Å². The van der Waals surface area contributed by atoms with Crippen molar-refractivity contribution in [3.05, 3.63) is 39.5 Å². The largest absolute Gasteiger partial charge is 0.362 e. The van der Waals surface area contributed by atoms with E-state index >= 15 is 0 Å².